The maximum atomic E-state index is 8.83. The molecule has 0 aliphatic carbocycles. The summed E-state index contributed by atoms with van der Waals surface area (Å²) in [5.74, 6) is 0. The number of hydrogen-bond donors (Lipinski definition) is 1. The number of halogens is 2. The van der Waals surface area contributed by atoms with Gasteiger partial charge in [-0.3, -0.25) is 0 Å². The van der Waals surface area contributed by atoms with Gasteiger partial charge in [0, 0.05) is 4.47 Å². The van der Waals surface area contributed by atoms with Crippen molar-refractivity contribution in [1.29, 1.82) is 0 Å². The van der Waals surface area contributed by atoms with E-state index in [1.165, 1.54) is 0 Å². The van der Waals surface area contributed by atoms with E-state index in [1.807, 2.05) is 13.0 Å². The van der Waals surface area contributed by atoms with Gasteiger partial charge in [-0.05, 0) is 24.1 Å². The predicted octanol–water partition coefficient (Wildman–Crippen LogP) is 2.90. The molecule has 3 heteroatoms. The van der Waals surface area contributed by atoms with E-state index in [2.05, 4.69) is 15.9 Å². The molecule has 0 fully saturated rings. The van der Waals surface area contributed by atoms with E-state index in [1.54, 1.807) is 6.07 Å². The van der Waals surface area contributed by atoms with Crippen LogP contribution in [0.25, 0.3) is 0 Å². The van der Waals surface area contributed by atoms with Crippen molar-refractivity contribution >= 4 is 27.5 Å². The van der Waals surface area contributed by atoms with Crippen LogP contribution < -0.4 is 0 Å². The summed E-state index contributed by atoms with van der Waals surface area (Å²) in [6.07, 6.45) is 0. The van der Waals surface area contributed by atoms with Crippen LogP contribution in [-0.4, -0.2) is 5.11 Å². The van der Waals surface area contributed by atoms with Crippen molar-refractivity contribution in [3.05, 3.63) is 32.8 Å². The summed E-state index contributed by atoms with van der Waals surface area (Å²) in [6.45, 7) is 1.90. The van der Waals surface area contributed by atoms with E-state index in [0.29, 0.717) is 5.02 Å². The molecular formula is C8H8BrClO. The monoisotopic (exact) mass is 234 g/mol. The first-order valence-corrected chi connectivity index (χ1v) is 4.38. The largest absolute Gasteiger partial charge is 0.392 e. The molecule has 0 atom stereocenters. The molecule has 0 heterocycles. The lowest BCUT2D eigenvalue weighted by Gasteiger charge is -2.04. The van der Waals surface area contributed by atoms with Crippen LogP contribution in [0.15, 0.2) is 16.6 Å². The second-order valence-corrected chi connectivity index (χ2v) is 3.54. The van der Waals surface area contributed by atoms with Crippen LogP contribution in [0.3, 0.4) is 0 Å². The standard InChI is InChI=1S/C8H8BrClO/c1-5-7(9)3-2-6(4-11)8(5)10/h2-3,11H,4H2,1H3. The third-order valence-electron chi connectivity index (χ3n) is 1.57. The Morgan fingerprint density at radius 3 is 2.73 bits per heavy atom. The Morgan fingerprint density at radius 1 is 1.55 bits per heavy atom. The molecule has 0 saturated carbocycles. The van der Waals surface area contributed by atoms with Gasteiger partial charge in [0.1, 0.15) is 0 Å². The lowest BCUT2D eigenvalue weighted by atomic mass is 10.1. The highest BCUT2D eigenvalue weighted by atomic mass is 79.9. The zero-order valence-electron chi connectivity index (χ0n) is 6.06. The average molecular weight is 236 g/mol. The van der Waals surface area contributed by atoms with Crippen LogP contribution in [0.5, 0.6) is 0 Å². The molecule has 0 bridgehead atoms. The highest BCUT2D eigenvalue weighted by Gasteiger charge is 2.04. The summed E-state index contributed by atoms with van der Waals surface area (Å²) in [7, 11) is 0. The van der Waals surface area contributed by atoms with Crippen LogP contribution in [0.1, 0.15) is 11.1 Å². The number of rotatable bonds is 1. The van der Waals surface area contributed by atoms with Gasteiger partial charge in [-0.25, -0.2) is 0 Å². The first-order valence-electron chi connectivity index (χ1n) is 3.21. The minimum Gasteiger partial charge on any atom is -0.392 e. The number of benzene rings is 1. The summed E-state index contributed by atoms with van der Waals surface area (Å²) in [6, 6.07) is 3.69. The molecule has 60 valence electrons. The molecule has 0 radical (unpaired) electrons. The molecule has 1 nitrogen and oxygen atoms in total. The van der Waals surface area contributed by atoms with E-state index in [9.17, 15) is 0 Å². The normalized spacial score (nSPS) is 10.2. The molecule has 0 aliphatic rings. The van der Waals surface area contributed by atoms with Gasteiger partial charge in [0.05, 0.1) is 11.6 Å². The van der Waals surface area contributed by atoms with Crippen molar-refractivity contribution in [2.75, 3.05) is 0 Å². The predicted molar refractivity (Wildman–Crippen MR) is 49.8 cm³/mol. The molecule has 1 aromatic rings. The van der Waals surface area contributed by atoms with Gasteiger partial charge in [0.15, 0.2) is 0 Å². The van der Waals surface area contributed by atoms with E-state index in [0.717, 1.165) is 15.6 Å². The zero-order chi connectivity index (χ0) is 8.43. The van der Waals surface area contributed by atoms with Gasteiger partial charge in [-0.2, -0.15) is 0 Å². The molecule has 0 spiro atoms. The Hall–Kier alpha value is -0.0500. The molecule has 0 aliphatic heterocycles. The molecule has 0 unspecified atom stereocenters. The molecule has 1 N–H and O–H groups in total. The van der Waals surface area contributed by atoms with E-state index < -0.39 is 0 Å². The quantitative estimate of drug-likeness (QED) is 0.793. The van der Waals surface area contributed by atoms with E-state index >= 15 is 0 Å². The van der Waals surface area contributed by atoms with Gasteiger partial charge in [-0.15, -0.1) is 0 Å². The number of aliphatic hydroxyl groups excluding tert-OH is 1. The second kappa shape index (κ2) is 3.57. The zero-order valence-corrected chi connectivity index (χ0v) is 8.41. The molecule has 1 rings (SSSR count). The van der Waals surface area contributed by atoms with E-state index in [-0.39, 0.29) is 6.61 Å². The first-order chi connectivity index (χ1) is 5.16. The van der Waals surface area contributed by atoms with Crippen molar-refractivity contribution in [3.8, 4) is 0 Å². The fourth-order valence-electron chi connectivity index (χ4n) is 0.840. The summed E-state index contributed by atoms with van der Waals surface area (Å²) in [5.41, 5.74) is 1.74. The Morgan fingerprint density at radius 2 is 2.18 bits per heavy atom. The SMILES string of the molecule is Cc1c(Br)ccc(CO)c1Cl. The van der Waals surface area contributed by atoms with Crippen molar-refractivity contribution in [3.63, 3.8) is 0 Å². The Bertz CT molecular complexity index is 273. The van der Waals surface area contributed by atoms with Gasteiger partial charge in [0.2, 0.25) is 0 Å². The number of hydrogen-bond acceptors (Lipinski definition) is 1. The highest BCUT2D eigenvalue weighted by molar-refractivity contribution is 9.10. The van der Waals surface area contributed by atoms with Gasteiger partial charge >= 0.3 is 0 Å². The van der Waals surface area contributed by atoms with Crippen molar-refractivity contribution in [2.45, 2.75) is 13.5 Å². The maximum Gasteiger partial charge on any atom is 0.0696 e. The van der Waals surface area contributed by atoms with Crippen molar-refractivity contribution in [2.24, 2.45) is 0 Å². The fourth-order valence-corrected chi connectivity index (χ4v) is 1.51. The minimum atomic E-state index is -0.00699. The van der Waals surface area contributed by atoms with Crippen LogP contribution in [0, 0.1) is 6.92 Å². The highest BCUT2D eigenvalue weighted by Crippen LogP contribution is 2.27. The lowest BCUT2D eigenvalue weighted by molar-refractivity contribution is 0.282. The average Bonchev–Trinajstić information content (AvgIpc) is 2.01. The van der Waals surface area contributed by atoms with Crippen molar-refractivity contribution < 1.29 is 5.11 Å². The molecule has 0 aromatic heterocycles. The number of aliphatic hydroxyl groups is 1. The molecule has 11 heavy (non-hydrogen) atoms. The fraction of sp³-hybridized carbons (Fsp3) is 0.250. The molecule has 0 amide bonds. The lowest BCUT2D eigenvalue weighted by Crippen LogP contribution is -1.88. The minimum absolute atomic E-state index is 0.00699. The topological polar surface area (TPSA) is 20.2 Å². The molecule has 0 saturated heterocycles. The van der Waals surface area contributed by atoms with Crippen LogP contribution >= 0.6 is 27.5 Å². The van der Waals surface area contributed by atoms with Crippen LogP contribution in [-0.2, 0) is 6.61 Å². The molecule has 1 aromatic carbocycles. The van der Waals surface area contributed by atoms with Gasteiger partial charge in [-0.1, -0.05) is 33.6 Å². The third-order valence-corrected chi connectivity index (χ3v) is 2.96. The van der Waals surface area contributed by atoms with Gasteiger partial charge in [0.25, 0.3) is 0 Å². The summed E-state index contributed by atoms with van der Waals surface area (Å²) < 4.78 is 0.972. The van der Waals surface area contributed by atoms with E-state index in [4.69, 9.17) is 16.7 Å². The Labute approximate surface area is 79.1 Å². The molecular weight excluding hydrogens is 227 g/mol. The second-order valence-electron chi connectivity index (χ2n) is 2.30. The third kappa shape index (κ3) is 1.75. The Balaban J connectivity index is 3.25. The summed E-state index contributed by atoms with van der Waals surface area (Å²) in [4.78, 5) is 0. The first kappa shape index (κ1) is 9.04. The smallest absolute Gasteiger partial charge is 0.0696 e. The summed E-state index contributed by atoms with van der Waals surface area (Å²) >= 11 is 9.25. The van der Waals surface area contributed by atoms with Gasteiger partial charge < -0.3 is 5.11 Å². The van der Waals surface area contributed by atoms with Crippen LogP contribution in [0.2, 0.25) is 5.02 Å². The Kier molecular flexibility index (Phi) is 2.93. The van der Waals surface area contributed by atoms with Crippen LogP contribution in [0.4, 0.5) is 0 Å². The maximum absolute atomic E-state index is 8.83. The summed E-state index contributed by atoms with van der Waals surface area (Å²) in [5, 5.41) is 9.47. The van der Waals surface area contributed by atoms with Crippen molar-refractivity contribution in [1.82, 2.24) is 0 Å².